The molecular weight excluding hydrogens is 252 g/mol. The number of hydrogen-bond donors (Lipinski definition) is 1. The zero-order valence-corrected chi connectivity index (χ0v) is 11.7. The summed E-state index contributed by atoms with van der Waals surface area (Å²) < 4.78 is 0. The van der Waals surface area contributed by atoms with Crippen molar-refractivity contribution in [1.29, 1.82) is 0 Å². The van der Waals surface area contributed by atoms with Gasteiger partial charge in [0, 0.05) is 16.5 Å². The van der Waals surface area contributed by atoms with E-state index in [9.17, 15) is 0 Å². The SMILES string of the molecule is CCc1ccsc1CNc1nccc2ccccc12. The Morgan fingerprint density at radius 2 is 2.05 bits per heavy atom. The number of anilines is 1. The van der Waals surface area contributed by atoms with Gasteiger partial charge in [0.2, 0.25) is 0 Å². The summed E-state index contributed by atoms with van der Waals surface area (Å²) in [4.78, 5) is 5.86. The van der Waals surface area contributed by atoms with Crippen LogP contribution < -0.4 is 5.32 Å². The molecule has 0 aliphatic heterocycles. The van der Waals surface area contributed by atoms with E-state index in [4.69, 9.17) is 0 Å². The highest BCUT2D eigenvalue weighted by molar-refractivity contribution is 7.10. The van der Waals surface area contributed by atoms with Gasteiger partial charge in [0.15, 0.2) is 0 Å². The first-order valence-corrected chi connectivity index (χ1v) is 7.39. The third-order valence-corrected chi connectivity index (χ3v) is 4.27. The molecule has 0 saturated carbocycles. The fourth-order valence-electron chi connectivity index (χ4n) is 2.26. The Hall–Kier alpha value is -1.87. The van der Waals surface area contributed by atoms with E-state index in [-0.39, 0.29) is 0 Å². The molecule has 3 aromatic rings. The average molecular weight is 268 g/mol. The minimum absolute atomic E-state index is 0.849. The zero-order chi connectivity index (χ0) is 13.1. The highest BCUT2D eigenvalue weighted by Crippen LogP contribution is 2.23. The third kappa shape index (κ3) is 2.47. The second-order valence-corrected chi connectivity index (χ2v) is 5.46. The van der Waals surface area contributed by atoms with E-state index in [2.05, 4.69) is 52.9 Å². The van der Waals surface area contributed by atoms with Crippen LogP contribution in [-0.2, 0) is 13.0 Å². The molecule has 0 atom stereocenters. The molecule has 0 bridgehead atoms. The maximum atomic E-state index is 4.46. The Morgan fingerprint density at radius 1 is 1.16 bits per heavy atom. The van der Waals surface area contributed by atoms with Crippen molar-refractivity contribution in [3.63, 3.8) is 0 Å². The summed E-state index contributed by atoms with van der Waals surface area (Å²) in [5.41, 5.74) is 1.43. The van der Waals surface area contributed by atoms with Crippen molar-refractivity contribution >= 4 is 27.9 Å². The van der Waals surface area contributed by atoms with E-state index in [0.29, 0.717) is 0 Å². The molecule has 96 valence electrons. The first-order valence-electron chi connectivity index (χ1n) is 6.51. The molecule has 2 nitrogen and oxygen atoms in total. The molecule has 3 rings (SSSR count). The van der Waals surface area contributed by atoms with Gasteiger partial charge >= 0.3 is 0 Å². The van der Waals surface area contributed by atoms with E-state index < -0.39 is 0 Å². The summed E-state index contributed by atoms with van der Waals surface area (Å²) in [6, 6.07) is 12.6. The Balaban J connectivity index is 1.86. The number of fused-ring (bicyclic) bond motifs is 1. The molecule has 1 N–H and O–H groups in total. The number of aromatic nitrogens is 1. The summed E-state index contributed by atoms with van der Waals surface area (Å²) in [5, 5.41) is 8.03. The van der Waals surface area contributed by atoms with Gasteiger partial charge in [0.05, 0.1) is 6.54 Å². The molecule has 0 aliphatic rings. The normalized spacial score (nSPS) is 10.8. The average Bonchev–Trinajstić information content (AvgIpc) is 2.92. The maximum absolute atomic E-state index is 4.46. The van der Waals surface area contributed by atoms with Gasteiger partial charge < -0.3 is 5.32 Å². The topological polar surface area (TPSA) is 24.9 Å². The van der Waals surface area contributed by atoms with Crippen LogP contribution in [0.3, 0.4) is 0 Å². The van der Waals surface area contributed by atoms with E-state index in [1.807, 2.05) is 23.6 Å². The standard InChI is InChI=1S/C16H16N2S/c1-2-12-8-10-19-15(12)11-18-16-14-6-4-3-5-13(14)7-9-17-16/h3-10H,2,11H2,1H3,(H,17,18). The number of benzene rings is 1. The molecule has 0 aliphatic carbocycles. The molecule has 2 aromatic heterocycles. The summed E-state index contributed by atoms with van der Waals surface area (Å²) in [7, 11) is 0. The molecule has 2 heterocycles. The summed E-state index contributed by atoms with van der Waals surface area (Å²) in [6.07, 6.45) is 2.95. The predicted molar refractivity (Wildman–Crippen MR) is 82.8 cm³/mol. The minimum Gasteiger partial charge on any atom is -0.365 e. The predicted octanol–water partition coefficient (Wildman–Crippen LogP) is 4.47. The molecule has 19 heavy (non-hydrogen) atoms. The van der Waals surface area contributed by atoms with Gasteiger partial charge in [-0.05, 0) is 34.9 Å². The number of rotatable bonds is 4. The van der Waals surface area contributed by atoms with Crippen molar-refractivity contribution in [2.45, 2.75) is 19.9 Å². The fraction of sp³-hybridized carbons (Fsp3) is 0.188. The highest BCUT2D eigenvalue weighted by Gasteiger charge is 2.05. The molecule has 0 unspecified atom stereocenters. The lowest BCUT2D eigenvalue weighted by Gasteiger charge is -2.08. The largest absolute Gasteiger partial charge is 0.365 e. The van der Waals surface area contributed by atoms with Crippen molar-refractivity contribution in [3.05, 3.63) is 58.4 Å². The first kappa shape index (κ1) is 12.2. The van der Waals surface area contributed by atoms with Gasteiger partial charge in [-0.3, -0.25) is 0 Å². The van der Waals surface area contributed by atoms with Crippen molar-refractivity contribution in [2.24, 2.45) is 0 Å². The van der Waals surface area contributed by atoms with Gasteiger partial charge in [0.25, 0.3) is 0 Å². The number of nitrogens with one attached hydrogen (secondary N) is 1. The number of pyridine rings is 1. The van der Waals surface area contributed by atoms with Crippen LogP contribution in [0.2, 0.25) is 0 Å². The molecule has 0 amide bonds. The molecule has 3 heteroatoms. The van der Waals surface area contributed by atoms with Crippen molar-refractivity contribution in [1.82, 2.24) is 4.98 Å². The lowest BCUT2D eigenvalue weighted by molar-refractivity contribution is 1.07. The minimum atomic E-state index is 0.849. The lowest BCUT2D eigenvalue weighted by Crippen LogP contribution is -2.02. The van der Waals surface area contributed by atoms with Gasteiger partial charge in [-0.2, -0.15) is 0 Å². The van der Waals surface area contributed by atoms with Crippen LogP contribution in [0.15, 0.2) is 48.0 Å². The monoisotopic (exact) mass is 268 g/mol. The number of aryl methyl sites for hydroxylation is 1. The maximum Gasteiger partial charge on any atom is 0.134 e. The smallest absolute Gasteiger partial charge is 0.134 e. The molecule has 0 saturated heterocycles. The highest BCUT2D eigenvalue weighted by atomic mass is 32.1. The summed E-state index contributed by atoms with van der Waals surface area (Å²) in [6.45, 7) is 3.05. The summed E-state index contributed by atoms with van der Waals surface area (Å²) >= 11 is 1.81. The Bertz CT molecular complexity index is 683. The summed E-state index contributed by atoms with van der Waals surface area (Å²) in [5.74, 6) is 0.966. The molecule has 0 radical (unpaired) electrons. The van der Waals surface area contributed by atoms with E-state index in [1.165, 1.54) is 21.2 Å². The van der Waals surface area contributed by atoms with E-state index in [0.717, 1.165) is 18.8 Å². The van der Waals surface area contributed by atoms with Crippen molar-refractivity contribution in [3.8, 4) is 0 Å². The quantitative estimate of drug-likeness (QED) is 0.755. The van der Waals surface area contributed by atoms with Crippen LogP contribution >= 0.6 is 11.3 Å². The van der Waals surface area contributed by atoms with E-state index in [1.54, 1.807) is 0 Å². The molecular formula is C16H16N2S. The number of thiophene rings is 1. The van der Waals surface area contributed by atoms with Crippen LogP contribution in [0, 0.1) is 0 Å². The Kier molecular flexibility index (Phi) is 3.47. The van der Waals surface area contributed by atoms with E-state index >= 15 is 0 Å². The molecule has 0 fully saturated rings. The Morgan fingerprint density at radius 3 is 2.95 bits per heavy atom. The van der Waals surface area contributed by atoms with Crippen LogP contribution in [0.1, 0.15) is 17.4 Å². The van der Waals surface area contributed by atoms with Crippen LogP contribution in [0.4, 0.5) is 5.82 Å². The Labute approximate surface area is 117 Å². The fourth-order valence-corrected chi connectivity index (χ4v) is 3.18. The lowest BCUT2D eigenvalue weighted by atomic mass is 10.1. The first-order chi connectivity index (χ1) is 9.38. The second-order valence-electron chi connectivity index (χ2n) is 4.46. The van der Waals surface area contributed by atoms with Crippen molar-refractivity contribution in [2.75, 3.05) is 5.32 Å². The van der Waals surface area contributed by atoms with Gasteiger partial charge in [-0.1, -0.05) is 31.2 Å². The number of hydrogen-bond acceptors (Lipinski definition) is 3. The number of nitrogens with zero attached hydrogens (tertiary/aromatic N) is 1. The van der Waals surface area contributed by atoms with Crippen molar-refractivity contribution < 1.29 is 0 Å². The van der Waals surface area contributed by atoms with Crippen LogP contribution in [0.25, 0.3) is 10.8 Å². The van der Waals surface area contributed by atoms with Gasteiger partial charge in [-0.15, -0.1) is 11.3 Å². The van der Waals surface area contributed by atoms with Crippen LogP contribution in [-0.4, -0.2) is 4.98 Å². The van der Waals surface area contributed by atoms with Gasteiger partial charge in [0.1, 0.15) is 5.82 Å². The molecule has 1 aromatic carbocycles. The third-order valence-electron chi connectivity index (χ3n) is 3.31. The van der Waals surface area contributed by atoms with Gasteiger partial charge in [-0.25, -0.2) is 4.98 Å². The van der Waals surface area contributed by atoms with Crippen LogP contribution in [0.5, 0.6) is 0 Å². The zero-order valence-electron chi connectivity index (χ0n) is 10.9. The molecule has 0 spiro atoms. The second kappa shape index (κ2) is 5.41.